The zero-order chi connectivity index (χ0) is 20.1. The van der Waals surface area contributed by atoms with Crippen LogP contribution >= 0.6 is 0 Å². The molecule has 6 heteroatoms. The summed E-state index contributed by atoms with van der Waals surface area (Å²) in [5.74, 6) is 1.56. The molecule has 1 aliphatic rings. The molecule has 2 aromatic rings. The molecule has 1 fully saturated rings. The Labute approximate surface area is 168 Å². The van der Waals surface area contributed by atoms with Crippen LogP contribution in [0, 0.1) is 0 Å². The molecule has 1 aromatic heterocycles. The van der Waals surface area contributed by atoms with E-state index in [4.69, 9.17) is 0 Å². The second-order valence-electron chi connectivity index (χ2n) is 8.17. The Morgan fingerprint density at radius 2 is 2.07 bits per heavy atom. The maximum atomic E-state index is 13.1. The molecule has 0 N–H and O–H groups in total. The molecule has 28 heavy (non-hydrogen) atoms. The summed E-state index contributed by atoms with van der Waals surface area (Å²) in [7, 11) is 8.20. The third kappa shape index (κ3) is 4.93. The first-order chi connectivity index (χ1) is 13.5. The molecule has 1 saturated heterocycles. The minimum absolute atomic E-state index is 0.124. The Bertz CT molecular complexity index is 783. The quantitative estimate of drug-likeness (QED) is 0.737. The Morgan fingerprint density at radius 1 is 1.25 bits per heavy atom. The molecule has 1 unspecified atom stereocenters. The van der Waals surface area contributed by atoms with Crippen molar-refractivity contribution in [3.8, 4) is 0 Å². The maximum absolute atomic E-state index is 13.1. The minimum atomic E-state index is 0.124. The first kappa shape index (κ1) is 20.4. The van der Waals surface area contributed by atoms with Crippen molar-refractivity contribution in [3.05, 3.63) is 48.0 Å². The van der Waals surface area contributed by atoms with E-state index in [0.29, 0.717) is 5.92 Å². The smallest absolute Gasteiger partial charge is 0.253 e. The van der Waals surface area contributed by atoms with Crippen LogP contribution in [0.2, 0.25) is 0 Å². The predicted octanol–water partition coefficient (Wildman–Crippen LogP) is 2.92. The van der Waals surface area contributed by atoms with Gasteiger partial charge in [0.1, 0.15) is 5.82 Å². The zero-order valence-corrected chi connectivity index (χ0v) is 17.6. The van der Waals surface area contributed by atoms with E-state index in [0.717, 1.165) is 62.5 Å². The minimum Gasteiger partial charge on any atom is -0.378 e. The lowest BCUT2D eigenvalue weighted by Gasteiger charge is -2.33. The number of anilines is 1. The Morgan fingerprint density at radius 3 is 2.82 bits per heavy atom. The van der Waals surface area contributed by atoms with Gasteiger partial charge in [-0.2, -0.15) is 0 Å². The van der Waals surface area contributed by atoms with Gasteiger partial charge >= 0.3 is 0 Å². The largest absolute Gasteiger partial charge is 0.378 e. The van der Waals surface area contributed by atoms with E-state index in [1.54, 1.807) is 0 Å². The average molecular weight is 384 g/mol. The number of hydrogen-bond acceptors (Lipinski definition) is 4. The molecular weight excluding hydrogens is 350 g/mol. The van der Waals surface area contributed by atoms with Gasteiger partial charge in [0, 0.05) is 63.3 Å². The van der Waals surface area contributed by atoms with Crippen molar-refractivity contribution >= 4 is 11.6 Å². The van der Waals surface area contributed by atoms with Crippen LogP contribution in [-0.4, -0.2) is 73.1 Å². The number of hydrogen-bond donors (Lipinski definition) is 0. The molecule has 1 aromatic carbocycles. The number of carbonyl (C=O) groups excluding carboxylic acids is 1. The number of rotatable bonds is 7. The highest BCUT2D eigenvalue weighted by Crippen LogP contribution is 2.27. The van der Waals surface area contributed by atoms with Crippen LogP contribution in [0.25, 0.3) is 0 Å². The van der Waals surface area contributed by atoms with Gasteiger partial charge in [-0.1, -0.05) is 6.07 Å². The molecule has 0 saturated carbocycles. The first-order valence-corrected chi connectivity index (χ1v) is 10.2. The van der Waals surface area contributed by atoms with Crippen LogP contribution in [0.1, 0.15) is 41.4 Å². The highest BCUT2D eigenvalue weighted by molar-refractivity contribution is 5.95. The fourth-order valence-corrected chi connectivity index (χ4v) is 3.90. The van der Waals surface area contributed by atoms with E-state index in [2.05, 4.69) is 34.7 Å². The summed E-state index contributed by atoms with van der Waals surface area (Å²) in [5.41, 5.74) is 1.82. The SMILES string of the molecule is CN(C)CCCn1ccnc1C1CCCN(C(=O)c2cccc(N(C)C)c2)C1. The van der Waals surface area contributed by atoms with Crippen molar-refractivity contribution in [2.45, 2.75) is 31.7 Å². The van der Waals surface area contributed by atoms with Crippen molar-refractivity contribution in [2.75, 3.05) is 52.7 Å². The van der Waals surface area contributed by atoms with Crippen LogP contribution in [0.15, 0.2) is 36.7 Å². The number of nitrogens with zero attached hydrogens (tertiary/aromatic N) is 5. The summed E-state index contributed by atoms with van der Waals surface area (Å²) < 4.78 is 2.27. The van der Waals surface area contributed by atoms with Gasteiger partial charge in [-0.25, -0.2) is 4.98 Å². The van der Waals surface area contributed by atoms with Crippen LogP contribution in [-0.2, 0) is 6.54 Å². The number of piperidine rings is 1. The van der Waals surface area contributed by atoms with Gasteiger partial charge in [-0.3, -0.25) is 4.79 Å². The van der Waals surface area contributed by atoms with Crippen molar-refractivity contribution < 1.29 is 4.79 Å². The molecule has 0 spiro atoms. The van der Waals surface area contributed by atoms with Gasteiger partial charge in [-0.05, 0) is 58.1 Å². The molecule has 0 aliphatic carbocycles. The van der Waals surface area contributed by atoms with Crippen LogP contribution in [0.4, 0.5) is 5.69 Å². The molecule has 3 rings (SSSR count). The first-order valence-electron chi connectivity index (χ1n) is 10.2. The van der Waals surface area contributed by atoms with E-state index in [-0.39, 0.29) is 5.91 Å². The highest BCUT2D eigenvalue weighted by atomic mass is 16.2. The van der Waals surface area contributed by atoms with Gasteiger partial charge in [0.15, 0.2) is 0 Å². The summed E-state index contributed by atoms with van der Waals surface area (Å²) in [5, 5.41) is 0. The standard InChI is InChI=1S/C22H33N5O/c1-24(2)12-7-14-26-15-11-23-21(26)19-9-6-13-27(17-19)22(28)18-8-5-10-20(16-18)25(3)4/h5,8,10-11,15-16,19H,6-7,9,12-14,17H2,1-4H3. The number of amides is 1. The number of aromatic nitrogens is 2. The van der Waals surface area contributed by atoms with Gasteiger partial charge < -0.3 is 19.3 Å². The van der Waals surface area contributed by atoms with Crippen LogP contribution in [0.3, 0.4) is 0 Å². The van der Waals surface area contributed by atoms with Crippen molar-refractivity contribution in [3.63, 3.8) is 0 Å². The van der Waals surface area contributed by atoms with Crippen molar-refractivity contribution in [2.24, 2.45) is 0 Å². The summed E-state index contributed by atoms with van der Waals surface area (Å²) in [6.45, 7) is 3.61. The lowest BCUT2D eigenvalue weighted by atomic mass is 9.96. The molecule has 1 aliphatic heterocycles. The van der Waals surface area contributed by atoms with Gasteiger partial charge in [0.25, 0.3) is 5.91 Å². The molecule has 152 valence electrons. The zero-order valence-electron chi connectivity index (χ0n) is 17.6. The average Bonchev–Trinajstić information content (AvgIpc) is 3.16. The van der Waals surface area contributed by atoms with Gasteiger partial charge in [0.2, 0.25) is 0 Å². The van der Waals surface area contributed by atoms with E-state index in [1.807, 2.05) is 54.4 Å². The summed E-state index contributed by atoms with van der Waals surface area (Å²) in [6.07, 6.45) is 7.18. The van der Waals surface area contributed by atoms with E-state index in [9.17, 15) is 4.79 Å². The Hall–Kier alpha value is -2.34. The van der Waals surface area contributed by atoms with Gasteiger partial charge in [-0.15, -0.1) is 0 Å². The van der Waals surface area contributed by atoms with Crippen LogP contribution < -0.4 is 4.90 Å². The van der Waals surface area contributed by atoms with Gasteiger partial charge in [0.05, 0.1) is 0 Å². The van der Waals surface area contributed by atoms with E-state index >= 15 is 0 Å². The number of likely N-dealkylation sites (tertiary alicyclic amines) is 1. The molecule has 2 heterocycles. The fraction of sp³-hybridized carbons (Fsp3) is 0.545. The number of aryl methyl sites for hydroxylation is 1. The number of carbonyl (C=O) groups is 1. The summed E-state index contributed by atoms with van der Waals surface area (Å²) >= 11 is 0. The highest BCUT2D eigenvalue weighted by Gasteiger charge is 2.28. The van der Waals surface area contributed by atoms with Crippen molar-refractivity contribution in [1.82, 2.24) is 19.4 Å². The second kappa shape index (κ2) is 9.24. The lowest BCUT2D eigenvalue weighted by Crippen LogP contribution is -2.39. The summed E-state index contributed by atoms with van der Waals surface area (Å²) in [6, 6.07) is 7.89. The fourth-order valence-electron chi connectivity index (χ4n) is 3.90. The third-order valence-corrected chi connectivity index (χ3v) is 5.44. The second-order valence-corrected chi connectivity index (χ2v) is 8.17. The molecule has 6 nitrogen and oxygen atoms in total. The molecule has 1 amide bonds. The Balaban J connectivity index is 1.68. The lowest BCUT2D eigenvalue weighted by molar-refractivity contribution is 0.0703. The van der Waals surface area contributed by atoms with Crippen molar-refractivity contribution in [1.29, 1.82) is 0 Å². The monoisotopic (exact) mass is 383 g/mol. The summed E-state index contributed by atoms with van der Waals surface area (Å²) in [4.78, 5) is 24.0. The third-order valence-electron chi connectivity index (χ3n) is 5.44. The molecule has 0 bridgehead atoms. The number of benzene rings is 1. The topological polar surface area (TPSA) is 44.6 Å². The molecule has 0 radical (unpaired) electrons. The van der Waals surface area contributed by atoms with E-state index in [1.165, 1.54) is 0 Å². The number of imidazole rings is 1. The maximum Gasteiger partial charge on any atom is 0.253 e. The van der Waals surface area contributed by atoms with E-state index < -0.39 is 0 Å². The Kier molecular flexibility index (Phi) is 6.73. The molecular formula is C22H33N5O. The predicted molar refractivity (Wildman–Crippen MR) is 114 cm³/mol. The normalized spacial score (nSPS) is 17.2. The molecule has 1 atom stereocenters. The van der Waals surface area contributed by atoms with Crippen LogP contribution in [0.5, 0.6) is 0 Å².